The van der Waals surface area contributed by atoms with Crippen LogP contribution in [0.4, 0.5) is 0 Å². The van der Waals surface area contributed by atoms with Crippen LogP contribution in [0.3, 0.4) is 0 Å². The summed E-state index contributed by atoms with van der Waals surface area (Å²) in [7, 11) is 0. The van der Waals surface area contributed by atoms with Crippen molar-refractivity contribution in [2.75, 3.05) is 13.2 Å². The molecule has 1 aliphatic carbocycles. The Hall–Kier alpha value is -0.580. The van der Waals surface area contributed by atoms with Crippen LogP contribution in [0.25, 0.3) is 0 Å². The van der Waals surface area contributed by atoms with E-state index in [1.54, 1.807) is 19.9 Å². The third kappa shape index (κ3) is 3.97. The number of aliphatic hydroxyl groups is 6. The third-order valence-corrected chi connectivity index (χ3v) is 4.96. The average molecular weight is 348 g/mol. The Kier molecular flexibility index (Phi) is 6.38. The molecule has 6 N–H and O–H groups in total. The highest BCUT2D eigenvalue weighted by molar-refractivity contribution is 5.13. The van der Waals surface area contributed by atoms with Crippen molar-refractivity contribution >= 4 is 0 Å². The fourth-order valence-electron chi connectivity index (χ4n) is 3.39. The van der Waals surface area contributed by atoms with Gasteiger partial charge in [0.15, 0.2) is 6.29 Å². The Bertz CT molecular complexity index is 449. The van der Waals surface area contributed by atoms with Crippen LogP contribution in [-0.2, 0) is 9.47 Å². The van der Waals surface area contributed by atoms with Gasteiger partial charge in [-0.15, -0.1) is 0 Å². The molecule has 7 atom stereocenters. The molecule has 8 nitrogen and oxygen atoms in total. The lowest BCUT2D eigenvalue weighted by molar-refractivity contribution is -0.330. The molecule has 1 aliphatic heterocycles. The minimum Gasteiger partial charge on any atom is -0.394 e. The second kappa shape index (κ2) is 7.76. The van der Waals surface area contributed by atoms with Crippen molar-refractivity contribution in [1.82, 2.24) is 0 Å². The molecule has 1 saturated heterocycles. The van der Waals surface area contributed by atoms with Crippen LogP contribution in [0, 0.1) is 5.92 Å². The first-order chi connectivity index (χ1) is 11.2. The quantitative estimate of drug-likeness (QED) is 0.322. The van der Waals surface area contributed by atoms with Gasteiger partial charge in [0.2, 0.25) is 0 Å². The summed E-state index contributed by atoms with van der Waals surface area (Å²) in [4.78, 5) is 0. The first-order valence-corrected chi connectivity index (χ1v) is 8.18. The first-order valence-electron chi connectivity index (χ1n) is 8.18. The minimum atomic E-state index is -1.51. The Morgan fingerprint density at radius 3 is 2.33 bits per heavy atom. The van der Waals surface area contributed by atoms with Crippen LogP contribution in [0.1, 0.15) is 26.7 Å². The molecule has 1 fully saturated rings. The van der Waals surface area contributed by atoms with E-state index in [4.69, 9.17) is 14.6 Å². The van der Waals surface area contributed by atoms with Crippen molar-refractivity contribution in [2.45, 2.75) is 69.1 Å². The summed E-state index contributed by atoms with van der Waals surface area (Å²) < 4.78 is 11.2. The normalized spacial score (nSPS) is 41.2. The van der Waals surface area contributed by atoms with Crippen molar-refractivity contribution in [3.8, 4) is 0 Å². The molecule has 0 aromatic rings. The van der Waals surface area contributed by atoms with Crippen molar-refractivity contribution < 1.29 is 40.1 Å². The summed E-state index contributed by atoms with van der Waals surface area (Å²) in [6.45, 7) is 2.85. The third-order valence-electron chi connectivity index (χ3n) is 4.96. The summed E-state index contributed by atoms with van der Waals surface area (Å²) >= 11 is 0. The smallest absolute Gasteiger partial charge is 0.187 e. The molecular weight excluding hydrogens is 320 g/mol. The summed E-state index contributed by atoms with van der Waals surface area (Å²) in [5.41, 5.74) is -0.146. The molecule has 1 heterocycles. The van der Waals surface area contributed by atoms with Gasteiger partial charge in [-0.1, -0.05) is 6.08 Å². The van der Waals surface area contributed by atoms with E-state index in [0.717, 1.165) is 5.57 Å². The Balaban J connectivity index is 2.09. The lowest BCUT2D eigenvalue weighted by Crippen LogP contribution is -2.61. The van der Waals surface area contributed by atoms with E-state index in [1.165, 1.54) is 0 Å². The van der Waals surface area contributed by atoms with Gasteiger partial charge in [-0.05, 0) is 32.3 Å². The topological polar surface area (TPSA) is 140 Å². The van der Waals surface area contributed by atoms with Crippen LogP contribution in [0.2, 0.25) is 0 Å². The Morgan fingerprint density at radius 1 is 1.12 bits per heavy atom. The van der Waals surface area contributed by atoms with Crippen molar-refractivity contribution in [3.05, 3.63) is 11.6 Å². The van der Waals surface area contributed by atoms with Crippen molar-refractivity contribution in [1.29, 1.82) is 0 Å². The second-order valence-electron chi connectivity index (χ2n) is 7.04. The predicted molar refractivity (Wildman–Crippen MR) is 82.8 cm³/mol. The fraction of sp³-hybridized carbons (Fsp3) is 0.875. The SMILES string of the molecule is CC(C)(O[C@@H]1O[C@H](CO)[C@@H](O)[C@H](O)[C@H]1O)[C@@H]1CCC(CO)=C[C@H]1O. The highest BCUT2D eigenvalue weighted by Crippen LogP contribution is 2.37. The maximum Gasteiger partial charge on any atom is 0.187 e. The maximum atomic E-state index is 10.3. The maximum absolute atomic E-state index is 10.3. The molecule has 0 aromatic carbocycles. The molecule has 0 amide bonds. The number of aliphatic hydroxyl groups excluding tert-OH is 6. The zero-order valence-electron chi connectivity index (χ0n) is 13.9. The van der Waals surface area contributed by atoms with E-state index < -0.39 is 49.0 Å². The Morgan fingerprint density at radius 2 is 1.79 bits per heavy atom. The summed E-state index contributed by atoms with van der Waals surface area (Å²) in [5, 5.41) is 58.4. The van der Waals surface area contributed by atoms with Gasteiger partial charge in [-0.25, -0.2) is 0 Å². The summed E-state index contributed by atoms with van der Waals surface area (Å²) in [5.74, 6) is -0.305. The molecule has 24 heavy (non-hydrogen) atoms. The molecule has 0 aromatic heterocycles. The number of rotatable bonds is 5. The van der Waals surface area contributed by atoms with Gasteiger partial charge in [0, 0.05) is 5.92 Å². The van der Waals surface area contributed by atoms with Crippen LogP contribution < -0.4 is 0 Å². The monoisotopic (exact) mass is 348 g/mol. The molecule has 0 radical (unpaired) electrons. The molecule has 0 bridgehead atoms. The van der Waals surface area contributed by atoms with Gasteiger partial charge in [0.1, 0.15) is 24.4 Å². The van der Waals surface area contributed by atoms with E-state index in [1.807, 2.05) is 0 Å². The van der Waals surface area contributed by atoms with E-state index in [0.29, 0.717) is 12.8 Å². The van der Waals surface area contributed by atoms with Gasteiger partial charge < -0.3 is 40.1 Å². The molecule has 0 unspecified atom stereocenters. The van der Waals surface area contributed by atoms with Gasteiger partial charge >= 0.3 is 0 Å². The highest BCUT2D eigenvalue weighted by Gasteiger charge is 2.47. The van der Waals surface area contributed by atoms with E-state index >= 15 is 0 Å². The lowest BCUT2D eigenvalue weighted by Gasteiger charge is -2.46. The number of ether oxygens (including phenoxy) is 2. The summed E-state index contributed by atoms with van der Waals surface area (Å²) in [6.07, 6.45) is -4.72. The molecule has 0 saturated carbocycles. The molecule has 8 heteroatoms. The van der Waals surface area contributed by atoms with E-state index in [2.05, 4.69) is 0 Å². The second-order valence-corrected chi connectivity index (χ2v) is 7.04. The van der Waals surface area contributed by atoms with Crippen molar-refractivity contribution in [2.24, 2.45) is 5.92 Å². The van der Waals surface area contributed by atoms with Crippen LogP contribution in [0.15, 0.2) is 11.6 Å². The zero-order valence-corrected chi connectivity index (χ0v) is 13.9. The van der Waals surface area contributed by atoms with Crippen LogP contribution >= 0.6 is 0 Å². The Labute approximate surface area is 141 Å². The van der Waals surface area contributed by atoms with Gasteiger partial charge in [-0.3, -0.25) is 0 Å². The fourth-order valence-corrected chi connectivity index (χ4v) is 3.39. The van der Waals surface area contributed by atoms with Crippen LogP contribution in [-0.4, -0.2) is 86.3 Å². The molecule has 2 rings (SSSR count). The first kappa shape index (κ1) is 19.7. The lowest BCUT2D eigenvalue weighted by atomic mass is 9.77. The van der Waals surface area contributed by atoms with Gasteiger partial charge in [-0.2, -0.15) is 0 Å². The minimum absolute atomic E-state index is 0.0994. The van der Waals surface area contributed by atoms with Crippen molar-refractivity contribution in [3.63, 3.8) is 0 Å². The predicted octanol–water partition coefficient (Wildman–Crippen LogP) is -1.73. The molecule has 140 valence electrons. The molecule has 0 spiro atoms. The standard InChI is InChI=1S/C16H28O8/c1-16(2,9-4-3-8(6-17)5-10(9)19)24-15-14(22)13(21)12(20)11(7-18)23-15/h5,9-15,17-22H,3-4,6-7H2,1-2H3/t9-,10-,11-,12-,13+,14-,15+/m1/s1. The highest BCUT2D eigenvalue weighted by atomic mass is 16.7. The van der Waals surface area contributed by atoms with E-state index in [9.17, 15) is 25.5 Å². The molecule has 2 aliphatic rings. The summed E-state index contributed by atoms with van der Waals surface area (Å²) in [6, 6.07) is 0. The van der Waals surface area contributed by atoms with Gasteiger partial charge in [0.25, 0.3) is 0 Å². The zero-order chi connectivity index (χ0) is 18.1. The van der Waals surface area contributed by atoms with Crippen LogP contribution in [0.5, 0.6) is 0 Å². The largest absolute Gasteiger partial charge is 0.394 e. The molecular formula is C16H28O8. The number of hydrogen-bond donors (Lipinski definition) is 6. The average Bonchev–Trinajstić information content (AvgIpc) is 2.54. The van der Waals surface area contributed by atoms with Gasteiger partial charge in [0.05, 0.1) is 24.9 Å². The van der Waals surface area contributed by atoms with E-state index in [-0.39, 0.29) is 12.5 Å². The number of hydrogen-bond acceptors (Lipinski definition) is 8.